The van der Waals surface area contributed by atoms with Crippen LogP contribution in [0, 0.1) is 6.92 Å². The average molecular weight is 706 g/mol. The van der Waals surface area contributed by atoms with Gasteiger partial charge in [-0.1, -0.05) is 25.9 Å². The van der Waals surface area contributed by atoms with Gasteiger partial charge in [-0.25, -0.2) is 4.98 Å². The maximum atomic E-state index is 13.4. The second-order valence-electron chi connectivity index (χ2n) is 10.0. The fourth-order valence-electron chi connectivity index (χ4n) is 4.75. The van der Waals surface area contributed by atoms with E-state index >= 15 is 0 Å². The number of likely N-dealkylation sites (N-methyl/N-ethyl adjacent to an activating group) is 1. The SMILES string of the molecule is CC.CCN.CCn1c(=O)c(-c2ccc(-c3noc(C)n3)cn2)cc2cnc(Nc3ccc(N4CCN(C)CC4)cc3)nc21.N.N.O.[HH].[HH].[V]. The second kappa shape index (κ2) is 20.9. The first-order valence-electron chi connectivity index (χ1n) is 15.1. The van der Waals surface area contributed by atoms with E-state index in [0.29, 0.717) is 46.7 Å². The summed E-state index contributed by atoms with van der Waals surface area (Å²) in [5.41, 5.74) is 9.07. The first kappa shape index (κ1) is 43.8. The van der Waals surface area contributed by atoms with Gasteiger partial charge in [0.1, 0.15) is 5.65 Å². The first-order valence-corrected chi connectivity index (χ1v) is 15.1. The Bertz CT molecular complexity index is 1720. The van der Waals surface area contributed by atoms with Gasteiger partial charge in [-0.3, -0.25) is 14.3 Å². The monoisotopic (exact) mass is 705 g/mol. The van der Waals surface area contributed by atoms with Crippen molar-refractivity contribution in [2.75, 3.05) is 50.0 Å². The van der Waals surface area contributed by atoms with E-state index in [2.05, 4.69) is 54.4 Å². The third kappa shape index (κ3) is 10.4. The number of pyridine rings is 2. The molecule has 0 aliphatic carbocycles. The van der Waals surface area contributed by atoms with E-state index in [9.17, 15) is 4.79 Å². The fraction of sp³-hybridized carbons (Fsp3) is 0.375. The molecule has 5 aromatic rings. The molecule has 1 saturated heterocycles. The number of hydrogen-bond donors (Lipinski definition) is 4. The summed E-state index contributed by atoms with van der Waals surface area (Å²) in [6.07, 6.45) is 3.37. The topological polar surface area (TPSA) is 246 Å². The average Bonchev–Trinajstić information content (AvgIpc) is 3.49. The second-order valence-corrected chi connectivity index (χ2v) is 10.0. The predicted molar refractivity (Wildman–Crippen MR) is 194 cm³/mol. The predicted octanol–water partition coefficient (Wildman–Crippen LogP) is 4.71. The zero-order valence-electron chi connectivity index (χ0n) is 28.8. The van der Waals surface area contributed by atoms with Crippen LogP contribution in [0.25, 0.3) is 33.7 Å². The molecular formula is C32H54N12O3V. The van der Waals surface area contributed by atoms with Crippen LogP contribution in [0.1, 0.15) is 36.4 Å². The molecular weight excluding hydrogens is 651 g/mol. The van der Waals surface area contributed by atoms with Crippen LogP contribution in [-0.2, 0) is 25.1 Å². The molecule has 16 heteroatoms. The van der Waals surface area contributed by atoms with Crippen molar-refractivity contribution in [1.29, 1.82) is 0 Å². The minimum Gasteiger partial charge on any atom is -0.412 e. The Morgan fingerprint density at radius 2 is 1.60 bits per heavy atom. The summed E-state index contributed by atoms with van der Waals surface area (Å²) in [7, 11) is 2.15. The van der Waals surface area contributed by atoms with Crippen LogP contribution < -0.4 is 33.8 Å². The molecule has 4 aromatic heterocycles. The van der Waals surface area contributed by atoms with E-state index in [-0.39, 0.29) is 44.7 Å². The summed E-state index contributed by atoms with van der Waals surface area (Å²) < 4.78 is 6.69. The molecule has 0 saturated carbocycles. The van der Waals surface area contributed by atoms with E-state index in [1.54, 1.807) is 36.0 Å². The van der Waals surface area contributed by atoms with Gasteiger partial charge in [0.05, 0.1) is 11.3 Å². The van der Waals surface area contributed by atoms with Crippen molar-refractivity contribution in [3.05, 3.63) is 71.1 Å². The van der Waals surface area contributed by atoms with Gasteiger partial charge in [-0.05, 0) is 63.0 Å². The van der Waals surface area contributed by atoms with E-state index in [1.165, 1.54) is 5.69 Å². The summed E-state index contributed by atoms with van der Waals surface area (Å²) in [5.74, 6) is 1.37. The first-order chi connectivity index (χ1) is 21.4. The van der Waals surface area contributed by atoms with E-state index in [0.717, 1.165) is 43.8 Å². The molecule has 6 rings (SSSR count). The summed E-state index contributed by atoms with van der Waals surface area (Å²) in [4.78, 5) is 36.1. The number of aromatic nitrogens is 6. The molecule has 0 bridgehead atoms. The number of fused-ring (bicyclic) bond motifs is 1. The number of benzene rings is 1. The van der Waals surface area contributed by atoms with Crippen molar-refractivity contribution in [3.8, 4) is 22.6 Å². The van der Waals surface area contributed by atoms with Gasteiger partial charge in [0, 0.05) is 95.8 Å². The molecule has 5 heterocycles. The molecule has 265 valence electrons. The normalized spacial score (nSPS) is 12.0. The van der Waals surface area contributed by atoms with Crippen molar-refractivity contribution >= 4 is 28.4 Å². The van der Waals surface area contributed by atoms with Crippen LogP contribution in [0.2, 0.25) is 0 Å². The number of rotatable bonds is 6. The minimum atomic E-state index is -0.165. The number of piperazine rings is 1. The number of nitrogens with one attached hydrogen (secondary N) is 1. The molecule has 48 heavy (non-hydrogen) atoms. The van der Waals surface area contributed by atoms with Crippen molar-refractivity contribution in [1.82, 2.24) is 46.9 Å². The van der Waals surface area contributed by atoms with Gasteiger partial charge in [-0.2, -0.15) is 9.97 Å². The molecule has 1 aliphatic rings. The van der Waals surface area contributed by atoms with Crippen LogP contribution >= 0.6 is 0 Å². The van der Waals surface area contributed by atoms with Crippen LogP contribution in [0.4, 0.5) is 17.3 Å². The van der Waals surface area contributed by atoms with Crippen molar-refractivity contribution in [3.63, 3.8) is 0 Å². The number of anilines is 3. The fourth-order valence-corrected chi connectivity index (χ4v) is 4.75. The van der Waals surface area contributed by atoms with Crippen LogP contribution in [0.15, 0.2) is 64.2 Å². The molecule has 1 radical (unpaired) electrons. The molecule has 0 unspecified atom stereocenters. The van der Waals surface area contributed by atoms with E-state index in [1.807, 2.05) is 45.9 Å². The Kier molecular flexibility index (Phi) is 19.1. The Hall–Kier alpha value is -4.22. The smallest absolute Gasteiger partial charge is 0.261 e. The Labute approximate surface area is 296 Å². The number of nitrogens with two attached hydrogens (primary N) is 1. The molecule has 15 nitrogen and oxygen atoms in total. The van der Waals surface area contributed by atoms with Crippen LogP contribution in [-0.4, -0.2) is 79.8 Å². The Morgan fingerprint density at radius 3 is 2.15 bits per heavy atom. The molecule has 1 fully saturated rings. The summed E-state index contributed by atoms with van der Waals surface area (Å²) in [5, 5.41) is 7.95. The summed E-state index contributed by atoms with van der Waals surface area (Å²) in [6, 6.07) is 13.7. The van der Waals surface area contributed by atoms with Crippen LogP contribution in [0.3, 0.4) is 0 Å². The summed E-state index contributed by atoms with van der Waals surface area (Å²) >= 11 is 0. The van der Waals surface area contributed by atoms with Gasteiger partial charge in [0.25, 0.3) is 5.56 Å². The Balaban J connectivity index is -0.00000191. The third-order valence-electron chi connectivity index (χ3n) is 6.96. The molecule has 1 aromatic carbocycles. The van der Waals surface area contributed by atoms with E-state index < -0.39 is 0 Å². The molecule has 0 spiro atoms. The van der Waals surface area contributed by atoms with E-state index in [4.69, 9.17) is 15.2 Å². The Morgan fingerprint density at radius 1 is 0.958 bits per heavy atom. The molecule has 1 aliphatic heterocycles. The van der Waals surface area contributed by atoms with Gasteiger partial charge in [0.15, 0.2) is 0 Å². The molecule has 0 atom stereocenters. The van der Waals surface area contributed by atoms with Crippen molar-refractivity contribution in [2.24, 2.45) is 5.73 Å². The van der Waals surface area contributed by atoms with Gasteiger partial charge in [0.2, 0.25) is 17.7 Å². The van der Waals surface area contributed by atoms with Crippen molar-refractivity contribution in [2.45, 2.75) is 41.2 Å². The van der Waals surface area contributed by atoms with Crippen LogP contribution in [0.5, 0.6) is 0 Å². The summed E-state index contributed by atoms with van der Waals surface area (Å²) in [6.45, 7) is 14.9. The largest absolute Gasteiger partial charge is 0.412 e. The quantitative estimate of drug-likeness (QED) is 0.187. The third-order valence-corrected chi connectivity index (χ3v) is 6.96. The molecule has 0 amide bonds. The van der Waals surface area contributed by atoms with Gasteiger partial charge < -0.3 is 43.2 Å². The molecule has 11 N–H and O–H groups in total. The maximum absolute atomic E-state index is 13.4. The number of aryl methyl sites for hydroxylation is 2. The van der Waals surface area contributed by atoms with Crippen molar-refractivity contribution < 1.29 is 31.4 Å². The van der Waals surface area contributed by atoms with Gasteiger partial charge >= 0.3 is 0 Å². The zero-order chi connectivity index (χ0) is 31.6. The zero-order valence-corrected chi connectivity index (χ0v) is 30.2. The minimum absolute atomic E-state index is 0. The number of nitrogens with zero attached hydrogens (tertiary/aromatic N) is 8. The maximum Gasteiger partial charge on any atom is 0.261 e. The number of hydrogen-bond acceptors (Lipinski definition) is 13. The van der Waals surface area contributed by atoms with Gasteiger partial charge in [-0.15, -0.1) is 0 Å². The standard InChI is InChI=1S/C28H29N9O2.C2H7N.C2H6.2H3N.H2O.V.2H2/c1-4-37-26-20(15-23(27(37)38)24-10-5-19(16-29-24)25-31-18(2)39-34-25)17-30-28(33-26)32-21-6-8-22(9-7-21)36-13-11-35(3)12-14-36;1-2-3;1-2;;;;;;/h5-10,15-17H,4,11-14H2,1-3H3,(H,30,32,33);2-3H2,1H3;1-2H3;2*1H3;1H2;;2*1H.